The van der Waals surface area contributed by atoms with E-state index in [9.17, 15) is 4.79 Å². The third kappa shape index (κ3) is 5.17. The summed E-state index contributed by atoms with van der Waals surface area (Å²) in [5.74, 6) is 1.34. The Labute approximate surface area is 147 Å². The highest BCUT2D eigenvalue weighted by Gasteiger charge is 2.08. The first kappa shape index (κ1) is 18.1. The van der Waals surface area contributed by atoms with Gasteiger partial charge in [0, 0.05) is 11.4 Å². The molecule has 2 aromatic rings. The quantitative estimate of drug-likeness (QED) is 0.734. The van der Waals surface area contributed by atoms with E-state index >= 15 is 0 Å². The predicted molar refractivity (Wildman–Crippen MR) is 97.3 cm³/mol. The van der Waals surface area contributed by atoms with Crippen LogP contribution in [0.25, 0.3) is 0 Å². The molecule has 0 fully saturated rings. The zero-order valence-corrected chi connectivity index (χ0v) is 14.9. The van der Waals surface area contributed by atoms with Gasteiger partial charge in [-0.1, -0.05) is 29.3 Å². The predicted octanol–water partition coefficient (Wildman–Crippen LogP) is 4.76. The molecular formula is C19H22ClNO3. The smallest absolute Gasteiger partial charge is 0.224 e. The third-order valence-electron chi connectivity index (χ3n) is 3.57. The zero-order chi connectivity index (χ0) is 17.5. The molecule has 0 saturated heterocycles. The number of rotatable bonds is 7. The lowest BCUT2D eigenvalue weighted by Crippen LogP contribution is -2.13. The van der Waals surface area contributed by atoms with E-state index in [4.69, 9.17) is 21.1 Å². The zero-order valence-electron chi connectivity index (χ0n) is 14.2. The Bertz CT molecular complexity index is 716. The summed E-state index contributed by atoms with van der Waals surface area (Å²) >= 11 is 5.95. The Morgan fingerprint density at radius 2 is 1.88 bits per heavy atom. The van der Waals surface area contributed by atoms with Crippen LogP contribution >= 0.6 is 11.6 Å². The van der Waals surface area contributed by atoms with Crippen molar-refractivity contribution >= 4 is 23.2 Å². The molecule has 0 aliphatic rings. The lowest BCUT2D eigenvalue weighted by Gasteiger charge is -2.11. The largest absolute Gasteiger partial charge is 0.495 e. The van der Waals surface area contributed by atoms with E-state index in [1.165, 1.54) is 5.56 Å². The van der Waals surface area contributed by atoms with Crippen molar-refractivity contribution in [3.05, 3.63) is 52.5 Å². The van der Waals surface area contributed by atoms with Gasteiger partial charge < -0.3 is 14.8 Å². The number of benzene rings is 2. The van der Waals surface area contributed by atoms with Gasteiger partial charge in [0.2, 0.25) is 5.91 Å². The SMILES string of the molecule is COc1ccc(Cl)cc1NC(=O)CCCOc1ccc(C)cc1C. The highest BCUT2D eigenvalue weighted by Crippen LogP contribution is 2.27. The molecular weight excluding hydrogens is 326 g/mol. The second-order valence-corrected chi connectivity index (χ2v) is 6.05. The summed E-state index contributed by atoms with van der Waals surface area (Å²) in [4.78, 5) is 12.0. The molecule has 0 atom stereocenters. The number of ether oxygens (including phenoxy) is 2. The van der Waals surface area contributed by atoms with Crippen LogP contribution in [-0.2, 0) is 4.79 Å². The summed E-state index contributed by atoms with van der Waals surface area (Å²) in [5.41, 5.74) is 2.88. The normalized spacial score (nSPS) is 10.3. The number of hydrogen-bond acceptors (Lipinski definition) is 3. The van der Waals surface area contributed by atoms with E-state index in [1.54, 1.807) is 25.3 Å². The molecule has 1 N–H and O–H groups in total. The highest BCUT2D eigenvalue weighted by atomic mass is 35.5. The van der Waals surface area contributed by atoms with Gasteiger partial charge in [0.1, 0.15) is 11.5 Å². The highest BCUT2D eigenvalue weighted by molar-refractivity contribution is 6.31. The first-order chi connectivity index (χ1) is 11.5. The number of hydrogen-bond donors (Lipinski definition) is 1. The maximum atomic E-state index is 12.0. The van der Waals surface area contributed by atoms with Gasteiger partial charge >= 0.3 is 0 Å². The van der Waals surface area contributed by atoms with Gasteiger partial charge in [-0.15, -0.1) is 0 Å². The van der Waals surface area contributed by atoms with Gasteiger partial charge in [-0.2, -0.15) is 0 Å². The number of carbonyl (C=O) groups excluding carboxylic acids is 1. The standard InChI is InChI=1S/C19H22ClNO3/c1-13-6-8-17(14(2)11-13)24-10-4-5-19(22)21-16-12-15(20)7-9-18(16)23-3/h6-9,11-12H,4-5,10H2,1-3H3,(H,21,22). The summed E-state index contributed by atoms with van der Waals surface area (Å²) in [6.45, 7) is 4.55. The first-order valence-corrected chi connectivity index (χ1v) is 8.21. The fraction of sp³-hybridized carbons (Fsp3) is 0.316. The summed E-state index contributed by atoms with van der Waals surface area (Å²) in [7, 11) is 1.55. The van der Waals surface area contributed by atoms with Crippen LogP contribution in [0, 0.1) is 13.8 Å². The van der Waals surface area contributed by atoms with E-state index in [2.05, 4.69) is 11.4 Å². The molecule has 2 rings (SSSR count). The lowest BCUT2D eigenvalue weighted by molar-refractivity contribution is -0.116. The van der Waals surface area contributed by atoms with Crippen LogP contribution in [0.5, 0.6) is 11.5 Å². The van der Waals surface area contributed by atoms with E-state index in [0.29, 0.717) is 35.9 Å². The van der Waals surface area contributed by atoms with Crippen molar-refractivity contribution < 1.29 is 14.3 Å². The van der Waals surface area contributed by atoms with Crippen molar-refractivity contribution in [1.82, 2.24) is 0 Å². The van der Waals surface area contributed by atoms with E-state index in [1.807, 2.05) is 26.0 Å². The average Bonchev–Trinajstić information content (AvgIpc) is 2.53. The summed E-state index contributed by atoms with van der Waals surface area (Å²) in [6.07, 6.45) is 0.989. The van der Waals surface area contributed by atoms with Gasteiger partial charge in [0.05, 0.1) is 19.4 Å². The van der Waals surface area contributed by atoms with Crippen LogP contribution in [0.4, 0.5) is 5.69 Å². The monoisotopic (exact) mass is 347 g/mol. The molecule has 1 amide bonds. The molecule has 0 heterocycles. The molecule has 0 bridgehead atoms. The van der Waals surface area contributed by atoms with E-state index in [-0.39, 0.29) is 5.91 Å². The van der Waals surface area contributed by atoms with E-state index in [0.717, 1.165) is 11.3 Å². The number of anilines is 1. The van der Waals surface area contributed by atoms with Crippen molar-refractivity contribution in [2.45, 2.75) is 26.7 Å². The van der Waals surface area contributed by atoms with Crippen LogP contribution < -0.4 is 14.8 Å². The summed E-state index contributed by atoms with van der Waals surface area (Å²) in [5, 5.41) is 3.36. The Morgan fingerprint density at radius 3 is 2.58 bits per heavy atom. The molecule has 5 heteroatoms. The Balaban J connectivity index is 1.80. The number of carbonyl (C=O) groups is 1. The average molecular weight is 348 g/mol. The van der Waals surface area contributed by atoms with Gasteiger partial charge in [-0.3, -0.25) is 4.79 Å². The lowest BCUT2D eigenvalue weighted by atomic mass is 10.1. The van der Waals surface area contributed by atoms with Gasteiger partial charge in [0.15, 0.2) is 0 Å². The molecule has 4 nitrogen and oxygen atoms in total. The number of methoxy groups -OCH3 is 1. The summed E-state index contributed by atoms with van der Waals surface area (Å²) < 4.78 is 10.9. The van der Waals surface area contributed by atoms with Crippen LogP contribution in [0.3, 0.4) is 0 Å². The van der Waals surface area contributed by atoms with Crippen molar-refractivity contribution in [1.29, 1.82) is 0 Å². The Hall–Kier alpha value is -2.20. The van der Waals surface area contributed by atoms with Crippen molar-refractivity contribution in [3.8, 4) is 11.5 Å². The van der Waals surface area contributed by atoms with Gasteiger partial charge in [-0.25, -0.2) is 0 Å². The Morgan fingerprint density at radius 1 is 1.12 bits per heavy atom. The molecule has 24 heavy (non-hydrogen) atoms. The van der Waals surface area contributed by atoms with Crippen LogP contribution in [-0.4, -0.2) is 19.6 Å². The molecule has 2 aromatic carbocycles. The minimum Gasteiger partial charge on any atom is -0.495 e. The molecule has 0 aliphatic heterocycles. The molecule has 0 spiro atoms. The van der Waals surface area contributed by atoms with Gasteiger partial charge in [0.25, 0.3) is 0 Å². The summed E-state index contributed by atoms with van der Waals surface area (Å²) in [6, 6.07) is 11.2. The molecule has 0 aliphatic carbocycles. The Kier molecular flexibility index (Phi) is 6.50. The minimum atomic E-state index is -0.0974. The van der Waals surface area contributed by atoms with Crippen molar-refractivity contribution in [2.24, 2.45) is 0 Å². The van der Waals surface area contributed by atoms with Gasteiger partial charge in [-0.05, 0) is 50.1 Å². The van der Waals surface area contributed by atoms with Crippen LogP contribution in [0.2, 0.25) is 5.02 Å². The number of halogens is 1. The first-order valence-electron chi connectivity index (χ1n) is 7.83. The fourth-order valence-corrected chi connectivity index (χ4v) is 2.54. The van der Waals surface area contributed by atoms with Crippen LogP contribution in [0.1, 0.15) is 24.0 Å². The fourth-order valence-electron chi connectivity index (χ4n) is 2.37. The number of nitrogens with one attached hydrogen (secondary N) is 1. The number of aryl methyl sites for hydroxylation is 2. The maximum Gasteiger partial charge on any atom is 0.224 e. The molecule has 0 saturated carbocycles. The maximum absolute atomic E-state index is 12.0. The molecule has 0 unspecified atom stereocenters. The molecule has 0 radical (unpaired) electrons. The minimum absolute atomic E-state index is 0.0974. The molecule has 0 aromatic heterocycles. The third-order valence-corrected chi connectivity index (χ3v) is 3.81. The van der Waals surface area contributed by atoms with Crippen molar-refractivity contribution in [2.75, 3.05) is 19.0 Å². The molecule has 128 valence electrons. The van der Waals surface area contributed by atoms with Crippen molar-refractivity contribution in [3.63, 3.8) is 0 Å². The van der Waals surface area contributed by atoms with E-state index < -0.39 is 0 Å². The van der Waals surface area contributed by atoms with Crippen LogP contribution in [0.15, 0.2) is 36.4 Å². The second-order valence-electron chi connectivity index (χ2n) is 5.61. The topological polar surface area (TPSA) is 47.6 Å². The number of amides is 1. The second kappa shape index (κ2) is 8.60.